The molecule has 2 amide bonds. The Kier molecular flexibility index (Phi) is 6.32. The SMILES string of the molecule is O=C(NCCCN1CCN(c2ncccn2)CC1)Nc1ccccc1F. The molecule has 0 atom stereocenters. The van der Waals surface area contributed by atoms with Crippen molar-refractivity contribution in [2.24, 2.45) is 0 Å². The summed E-state index contributed by atoms with van der Waals surface area (Å²) in [5.74, 6) is 0.335. The first-order valence-electron chi connectivity index (χ1n) is 8.76. The number of anilines is 2. The van der Waals surface area contributed by atoms with Gasteiger partial charge in [0.05, 0.1) is 5.69 Å². The second-order valence-electron chi connectivity index (χ2n) is 6.09. The lowest BCUT2D eigenvalue weighted by atomic mass is 10.3. The van der Waals surface area contributed by atoms with Crippen molar-refractivity contribution in [1.29, 1.82) is 0 Å². The number of nitrogens with one attached hydrogen (secondary N) is 2. The van der Waals surface area contributed by atoms with Crippen LogP contribution in [0.4, 0.5) is 20.8 Å². The van der Waals surface area contributed by atoms with Crippen molar-refractivity contribution in [2.75, 3.05) is 49.5 Å². The summed E-state index contributed by atoms with van der Waals surface area (Å²) in [6.45, 7) is 5.13. The molecule has 7 nitrogen and oxygen atoms in total. The Morgan fingerprint density at radius 1 is 1.08 bits per heavy atom. The van der Waals surface area contributed by atoms with Gasteiger partial charge >= 0.3 is 6.03 Å². The van der Waals surface area contributed by atoms with Crippen LogP contribution >= 0.6 is 0 Å². The van der Waals surface area contributed by atoms with E-state index >= 15 is 0 Å². The average Bonchev–Trinajstić information content (AvgIpc) is 2.68. The molecule has 3 rings (SSSR count). The zero-order chi connectivity index (χ0) is 18.2. The van der Waals surface area contributed by atoms with Gasteiger partial charge in [-0.15, -0.1) is 0 Å². The molecule has 138 valence electrons. The van der Waals surface area contributed by atoms with Gasteiger partial charge in [-0.3, -0.25) is 4.90 Å². The number of halogens is 1. The van der Waals surface area contributed by atoms with Gasteiger partial charge in [-0.05, 0) is 31.2 Å². The van der Waals surface area contributed by atoms with E-state index in [-0.39, 0.29) is 11.7 Å². The van der Waals surface area contributed by atoms with E-state index in [1.54, 1.807) is 24.5 Å². The fraction of sp³-hybridized carbons (Fsp3) is 0.389. The highest BCUT2D eigenvalue weighted by Crippen LogP contribution is 2.12. The van der Waals surface area contributed by atoms with Gasteiger partial charge in [0, 0.05) is 45.1 Å². The van der Waals surface area contributed by atoms with Gasteiger partial charge < -0.3 is 15.5 Å². The van der Waals surface area contributed by atoms with Crippen LogP contribution in [0.15, 0.2) is 42.7 Å². The van der Waals surface area contributed by atoms with Gasteiger partial charge in [0.25, 0.3) is 0 Å². The maximum Gasteiger partial charge on any atom is 0.319 e. The molecule has 1 aliphatic heterocycles. The normalized spacial score (nSPS) is 14.9. The molecular formula is C18H23FN6O. The third kappa shape index (κ3) is 5.13. The standard InChI is InChI=1S/C18H23FN6O/c19-15-5-1-2-6-16(15)23-18(26)22-9-4-10-24-11-13-25(14-12-24)17-20-7-3-8-21-17/h1-3,5-8H,4,9-14H2,(H2,22,23,26). The summed E-state index contributed by atoms with van der Waals surface area (Å²) in [6.07, 6.45) is 4.35. The average molecular weight is 358 g/mol. The van der Waals surface area contributed by atoms with Crippen LogP contribution in [-0.2, 0) is 0 Å². The number of piperazine rings is 1. The Morgan fingerprint density at radius 3 is 2.54 bits per heavy atom. The van der Waals surface area contributed by atoms with Crippen molar-refractivity contribution in [2.45, 2.75) is 6.42 Å². The van der Waals surface area contributed by atoms with E-state index < -0.39 is 5.82 Å². The predicted octanol–water partition coefficient (Wildman–Crippen LogP) is 1.95. The van der Waals surface area contributed by atoms with E-state index in [0.29, 0.717) is 6.54 Å². The molecule has 1 aromatic heterocycles. The van der Waals surface area contributed by atoms with Gasteiger partial charge in [-0.25, -0.2) is 19.2 Å². The maximum absolute atomic E-state index is 13.5. The van der Waals surface area contributed by atoms with Crippen LogP contribution in [0.2, 0.25) is 0 Å². The summed E-state index contributed by atoms with van der Waals surface area (Å²) in [5.41, 5.74) is 0.184. The van der Waals surface area contributed by atoms with Crippen molar-refractivity contribution in [3.63, 3.8) is 0 Å². The molecule has 0 bridgehead atoms. The Bertz CT molecular complexity index is 706. The Labute approximate surface area is 152 Å². The number of carbonyl (C=O) groups is 1. The molecule has 0 spiro atoms. The molecule has 26 heavy (non-hydrogen) atoms. The Hall–Kier alpha value is -2.74. The van der Waals surface area contributed by atoms with Crippen LogP contribution in [0.1, 0.15) is 6.42 Å². The van der Waals surface area contributed by atoms with Crippen LogP contribution in [0.3, 0.4) is 0 Å². The van der Waals surface area contributed by atoms with Crippen LogP contribution < -0.4 is 15.5 Å². The summed E-state index contributed by atoms with van der Waals surface area (Å²) >= 11 is 0. The van der Waals surface area contributed by atoms with Crippen LogP contribution in [-0.4, -0.2) is 60.2 Å². The number of hydrogen-bond acceptors (Lipinski definition) is 5. The predicted molar refractivity (Wildman–Crippen MR) is 98.7 cm³/mol. The molecule has 1 aliphatic rings. The molecule has 2 heterocycles. The highest BCUT2D eigenvalue weighted by atomic mass is 19.1. The topological polar surface area (TPSA) is 73.4 Å². The molecule has 0 aliphatic carbocycles. The zero-order valence-electron chi connectivity index (χ0n) is 14.6. The number of para-hydroxylation sites is 1. The summed E-state index contributed by atoms with van der Waals surface area (Å²) in [7, 11) is 0. The van der Waals surface area contributed by atoms with Crippen molar-refractivity contribution in [1.82, 2.24) is 20.2 Å². The smallest absolute Gasteiger partial charge is 0.319 e. The van der Waals surface area contributed by atoms with Gasteiger partial charge in [0.2, 0.25) is 5.95 Å². The maximum atomic E-state index is 13.5. The molecule has 0 radical (unpaired) electrons. The van der Waals surface area contributed by atoms with Crippen LogP contribution in [0.25, 0.3) is 0 Å². The third-order valence-electron chi connectivity index (χ3n) is 4.27. The van der Waals surface area contributed by atoms with Crippen molar-refractivity contribution in [3.8, 4) is 0 Å². The molecule has 1 fully saturated rings. The van der Waals surface area contributed by atoms with E-state index in [1.807, 2.05) is 6.07 Å². The highest BCUT2D eigenvalue weighted by molar-refractivity contribution is 5.89. The molecule has 8 heteroatoms. The minimum absolute atomic E-state index is 0.184. The number of nitrogens with zero attached hydrogens (tertiary/aromatic N) is 4. The lowest BCUT2D eigenvalue weighted by Gasteiger charge is -2.34. The molecule has 1 saturated heterocycles. The molecule has 1 aromatic carbocycles. The number of rotatable bonds is 6. The quantitative estimate of drug-likeness (QED) is 0.772. The van der Waals surface area contributed by atoms with Crippen LogP contribution in [0, 0.1) is 5.82 Å². The molecule has 2 aromatic rings. The monoisotopic (exact) mass is 358 g/mol. The summed E-state index contributed by atoms with van der Waals surface area (Å²) in [4.78, 5) is 24.9. The minimum atomic E-state index is -0.442. The lowest BCUT2D eigenvalue weighted by molar-refractivity contribution is 0.243. The number of benzene rings is 1. The molecule has 0 saturated carbocycles. The minimum Gasteiger partial charge on any atom is -0.338 e. The van der Waals surface area contributed by atoms with E-state index in [2.05, 4.69) is 30.4 Å². The lowest BCUT2D eigenvalue weighted by Crippen LogP contribution is -2.47. The largest absolute Gasteiger partial charge is 0.338 e. The number of aromatic nitrogens is 2. The summed E-state index contributed by atoms with van der Waals surface area (Å²) in [6, 6.07) is 7.54. The van der Waals surface area contributed by atoms with Crippen molar-refractivity contribution in [3.05, 3.63) is 48.5 Å². The third-order valence-corrected chi connectivity index (χ3v) is 4.27. The molecule has 0 unspecified atom stereocenters. The summed E-state index contributed by atoms with van der Waals surface area (Å²) in [5, 5.41) is 5.27. The fourth-order valence-corrected chi connectivity index (χ4v) is 2.86. The first kappa shape index (κ1) is 18.1. The van der Waals surface area contributed by atoms with E-state index in [4.69, 9.17) is 0 Å². The fourth-order valence-electron chi connectivity index (χ4n) is 2.86. The van der Waals surface area contributed by atoms with Gasteiger partial charge in [0.15, 0.2) is 0 Å². The number of hydrogen-bond donors (Lipinski definition) is 2. The Balaban J connectivity index is 1.31. The van der Waals surface area contributed by atoms with Crippen LogP contribution in [0.5, 0.6) is 0 Å². The first-order valence-corrected chi connectivity index (χ1v) is 8.76. The van der Waals surface area contributed by atoms with Gasteiger partial charge in [-0.1, -0.05) is 12.1 Å². The highest BCUT2D eigenvalue weighted by Gasteiger charge is 2.18. The first-order chi connectivity index (χ1) is 12.7. The van der Waals surface area contributed by atoms with E-state index in [9.17, 15) is 9.18 Å². The Morgan fingerprint density at radius 2 is 1.81 bits per heavy atom. The second kappa shape index (κ2) is 9.10. The molecule has 2 N–H and O–H groups in total. The van der Waals surface area contributed by atoms with Crippen molar-refractivity contribution >= 4 is 17.7 Å². The van der Waals surface area contributed by atoms with E-state index in [1.165, 1.54) is 12.1 Å². The van der Waals surface area contributed by atoms with Gasteiger partial charge in [0.1, 0.15) is 5.82 Å². The second-order valence-corrected chi connectivity index (χ2v) is 6.09. The number of amides is 2. The number of carbonyl (C=O) groups excluding carboxylic acids is 1. The number of urea groups is 1. The van der Waals surface area contributed by atoms with Gasteiger partial charge in [-0.2, -0.15) is 0 Å². The zero-order valence-corrected chi connectivity index (χ0v) is 14.6. The molecular weight excluding hydrogens is 335 g/mol. The summed E-state index contributed by atoms with van der Waals surface area (Å²) < 4.78 is 13.5. The van der Waals surface area contributed by atoms with E-state index in [0.717, 1.165) is 45.1 Å². The van der Waals surface area contributed by atoms with Crippen molar-refractivity contribution < 1.29 is 9.18 Å².